The normalized spacial score (nSPS) is 16.3. The van der Waals surface area contributed by atoms with Gasteiger partial charge in [0.2, 0.25) is 0 Å². The van der Waals surface area contributed by atoms with Crippen molar-refractivity contribution in [1.82, 2.24) is 15.2 Å². The molecule has 0 bridgehead atoms. The van der Waals surface area contributed by atoms with Gasteiger partial charge < -0.3 is 19.5 Å². The molecule has 5 rings (SSSR count). The van der Waals surface area contributed by atoms with Gasteiger partial charge in [0.05, 0.1) is 30.0 Å². The fourth-order valence-corrected chi connectivity index (χ4v) is 3.96. The summed E-state index contributed by atoms with van der Waals surface area (Å²) in [5, 5.41) is 3.91. The summed E-state index contributed by atoms with van der Waals surface area (Å²) in [6.45, 7) is 5.80. The van der Waals surface area contributed by atoms with Crippen molar-refractivity contribution in [2.24, 2.45) is 0 Å². The van der Waals surface area contributed by atoms with Crippen molar-refractivity contribution in [3.8, 4) is 22.8 Å². The molecular weight excluding hydrogens is 394 g/mol. The number of pyridine rings is 1. The molecule has 1 amide bonds. The molecule has 1 fully saturated rings. The monoisotopic (exact) mass is 419 g/mol. The molecule has 0 radical (unpaired) electrons. The van der Waals surface area contributed by atoms with Gasteiger partial charge in [-0.05, 0) is 30.3 Å². The third-order valence-corrected chi connectivity index (χ3v) is 5.62. The number of carbonyl (C=O) groups is 1. The molecule has 0 aliphatic carbocycles. The van der Waals surface area contributed by atoms with Crippen LogP contribution >= 0.6 is 0 Å². The molecule has 160 valence electrons. The van der Waals surface area contributed by atoms with Crippen molar-refractivity contribution in [1.29, 1.82) is 0 Å². The van der Waals surface area contributed by atoms with Crippen LogP contribution < -0.4 is 14.8 Å². The molecule has 2 aromatic carbocycles. The van der Waals surface area contributed by atoms with Crippen molar-refractivity contribution in [3.63, 3.8) is 0 Å². The van der Waals surface area contributed by atoms with Gasteiger partial charge in [-0.3, -0.25) is 9.69 Å². The highest BCUT2D eigenvalue weighted by Crippen LogP contribution is 2.35. The Morgan fingerprint density at radius 1 is 0.968 bits per heavy atom. The Hall–Kier alpha value is -3.16. The fourth-order valence-electron chi connectivity index (χ4n) is 3.96. The number of amides is 1. The highest BCUT2D eigenvalue weighted by atomic mass is 16.6. The molecule has 31 heavy (non-hydrogen) atoms. The third-order valence-electron chi connectivity index (χ3n) is 5.62. The van der Waals surface area contributed by atoms with Gasteiger partial charge in [-0.1, -0.05) is 18.2 Å². The van der Waals surface area contributed by atoms with Gasteiger partial charge in [-0.25, -0.2) is 4.98 Å². The van der Waals surface area contributed by atoms with Crippen LogP contribution in [0.5, 0.6) is 11.5 Å². The largest absolute Gasteiger partial charge is 0.486 e. The van der Waals surface area contributed by atoms with E-state index < -0.39 is 0 Å². The smallest absolute Gasteiger partial charge is 0.252 e. The van der Waals surface area contributed by atoms with E-state index in [1.807, 2.05) is 48.5 Å². The SMILES string of the molecule is O=C(NCCN1CCOCC1)c1cc(-c2ccc3c(c2)OCCO3)nc2ccccc12. The van der Waals surface area contributed by atoms with Crippen LogP contribution in [0.15, 0.2) is 48.5 Å². The maximum atomic E-state index is 13.1. The average Bonchev–Trinajstić information content (AvgIpc) is 2.83. The Balaban J connectivity index is 1.41. The minimum atomic E-state index is -0.0920. The average molecular weight is 419 g/mol. The minimum absolute atomic E-state index is 0.0920. The summed E-state index contributed by atoms with van der Waals surface area (Å²) in [5.41, 5.74) is 3.03. The zero-order valence-electron chi connectivity index (χ0n) is 17.3. The van der Waals surface area contributed by atoms with Crippen LogP contribution in [0.3, 0.4) is 0 Å². The van der Waals surface area contributed by atoms with Crippen LogP contribution in [-0.4, -0.2) is 68.4 Å². The quantitative estimate of drug-likeness (QED) is 0.686. The standard InChI is InChI=1S/C24H25N3O4/c28-24(25-7-8-27-9-11-29-12-10-27)19-16-21(26-20-4-2-1-3-18(19)20)17-5-6-22-23(15-17)31-14-13-30-22/h1-6,15-16H,7-14H2,(H,25,28). The van der Waals surface area contributed by atoms with Crippen LogP contribution in [0.1, 0.15) is 10.4 Å². The number of para-hydroxylation sites is 1. The van der Waals surface area contributed by atoms with Gasteiger partial charge in [-0.2, -0.15) is 0 Å². The van der Waals surface area contributed by atoms with E-state index in [-0.39, 0.29) is 5.91 Å². The van der Waals surface area contributed by atoms with Gasteiger partial charge in [-0.15, -0.1) is 0 Å². The van der Waals surface area contributed by atoms with Crippen LogP contribution in [-0.2, 0) is 4.74 Å². The van der Waals surface area contributed by atoms with E-state index in [9.17, 15) is 4.79 Å². The number of rotatable bonds is 5. The van der Waals surface area contributed by atoms with Crippen molar-refractivity contribution in [3.05, 3.63) is 54.1 Å². The van der Waals surface area contributed by atoms with Crippen molar-refractivity contribution >= 4 is 16.8 Å². The highest BCUT2D eigenvalue weighted by molar-refractivity contribution is 6.07. The van der Waals surface area contributed by atoms with E-state index in [1.54, 1.807) is 0 Å². The molecule has 0 saturated carbocycles. The molecule has 0 atom stereocenters. The number of nitrogens with zero attached hydrogens (tertiary/aromatic N) is 2. The van der Waals surface area contributed by atoms with E-state index >= 15 is 0 Å². The summed E-state index contributed by atoms with van der Waals surface area (Å²) in [6, 6.07) is 15.4. The first-order valence-corrected chi connectivity index (χ1v) is 10.7. The van der Waals surface area contributed by atoms with Crippen LogP contribution in [0.25, 0.3) is 22.2 Å². The Bertz CT molecular complexity index is 1100. The van der Waals surface area contributed by atoms with Gasteiger partial charge in [0.25, 0.3) is 5.91 Å². The maximum absolute atomic E-state index is 13.1. The Labute approximate surface area is 180 Å². The van der Waals surface area contributed by atoms with E-state index in [0.29, 0.717) is 31.1 Å². The highest BCUT2D eigenvalue weighted by Gasteiger charge is 2.17. The topological polar surface area (TPSA) is 72.9 Å². The molecule has 2 aliphatic heterocycles. The number of ether oxygens (including phenoxy) is 3. The molecule has 1 aromatic heterocycles. The molecule has 2 aliphatic rings. The number of fused-ring (bicyclic) bond motifs is 2. The summed E-state index contributed by atoms with van der Waals surface area (Å²) in [5.74, 6) is 1.35. The van der Waals surface area contributed by atoms with E-state index in [4.69, 9.17) is 19.2 Å². The predicted molar refractivity (Wildman–Crippen MR) is 118 cm³/mol. The number of carbonyl (C=O) groups excluding carboxylic acids is 1. The molecule has 1 N–H and O–H groups in total. The van der Waals surface area contributed by atoms with E-state index in [0.717, 1.165) is 60.8 Å². The first-order valence-electron chi connectivity index (χ1n) is 10.7. The molecule has 7 heteroatoms. The van der Waals surface area contributed by atoms with Crippen LogP contribution in [0.2, 0.25) is 0 Å². The number of hydrogen-bond donors (Lipinski definition) is 1. The number of nitrogens with one attached hydrogen (secondary N) is 1. The number of morpholine rings is 1. The van der Waals surface area contributed by atoms with Crippen molar-refractivity contribution < 1.29 is 19.0 Å². The second-order valence-electron chi connectivity index (χ2n) is 7.64. The van der Waals surface area contributed by atoms with E-state index in [1.165, 1.54) is 0 Å². The van der Waals surface area contributed by atoms with E-state index in [2.05, 4.69) is 10.2 Å². The maximum Gasteiger partial charge on any atom is 0.252 e. The van der Waals surface area contributed by atoms with Gasteiger partial charge in [0.15, 0.2) is 11.5 Å². The van der Waals surface area contributed by atoms with Gasteiger partial charge >= 0.3 is 0 Å². The summed E-state index contributed by atoms with van der Waals surface area (Å²) in [7, 11) is 0. The lowest BCUT2D eigenvalue weighted by atomic mass is 10.0. The molecule has 0 unspecified atom stereocenters. The zero-order chi connectivity index (χ0) is 21.0. The van der Waals surface area contributed by atoms with Crippen molar-refractivity contribution in [2.45, 2.75) is 0 Å². The zero-order valence-corrected chi connectivity index (χ0v) is 17.3. The summed E-state index contributed by atoms with van der Waals surface area (Å²) in [4.78, 5) is 20.2. The number of hydrogen-bond acceptors (Lipinski definition) is 6. The number of benzene rings is 2. The lowest BCUT2D eigenvalue weighted by Crippen LogP contribution is -2.41. The molecule has 0 spiro atoms. The second kappa shape index (κ2) is 8.91. The van der Waals surface area contributed by atoms with Crippen molar-refractivity contribution in [2.75, 3.05) is 52.6 Å². The first-order chi connectivity index (χ1) is 15.3. The number of aromatic nitrogens is 1. The second-order valence-corrected chi connectivity index (χ2v) is 7.64. The summed E-state index contributed by atoms with van der Waals surface area (Å²) < 4.78 is 16.7. The summed E-state index contributed by atoms with van der Waals surface area (Å²) >= 11 is 0. The molecular formula is C24H25N3O4. The Morgan fingerprint density at radius 2 is 1.77 bits per heavy atom. The fraction of sp³-hybridized carbons (Fsp3) is 0.333. The minimum Gasteiger partial charge on any atom is -0.486 e. The Morgan fingerprint density at radius 3 is 2.65 bits per heavy atom. The van der Waals surface area contributed by atoms with Gasteiger partial charge in [0, 0.05) is 37.1 Å². The molecule has 3 aromatic rings. The lowest BCUT2D eigenvalue weighted by molar-refractivity contribution is 0.0383. The third kappa shape index (κ3) is 4.33. The molecule has 7 nitrogen and oxygen atoms in total. The lowest BCUT2D eigenvalue weighted by Gasteiger charge is -2.26. The first kappa shape index (κ1) is 19.8. The predicted octanol–water partition coefficient (Wildman–Crippen LogP) is 2.74. The molecule has 3 heterocycles. The van der Waals surface area contributed by atoms with Gasteiger partial charge in [0.1, 0.15) is 13.2 Å². The van der Waals surface area contributed by atoms with Crippen LogP contribution in [0, 0.1) is 0 Å². The van der Waals surface area contributed by atoms with Crippen LogP contribution in [0.4, 0.5) is 0 Å². The molecule has 1 saturated heterocycles. The summed E-state index contributed by atoms with van der Waals surface area (Å²) in [6.07, 6.45) is 0. The Kier molecular flexibility index (Phi) is 5.69.